The highest BCUT2D eigenvalue weighted by molar-refractivity contribution is 5.35. The first-order valence-corrected chi connectivity index (χ1v) is 6.74. The molecule has 0 N–H and O–H groups in total. The number of hydrogen-bond acceptors (Lipinski definition) is 1. The number of nitriles is 1. The van der Waals surface area contributed by atoms with Crippen LogP contribution in [0.4, 0.5) is 0 Å². The molecule has 1 aromatic rings. The number of nitrogens with zero attached hydrogens (tertiary/aromatic N) is 1. The summed E-state index contributed by atoms with van der Waals surface area (Å²) < 4.78 is 0. The third-order valence-electron chi connectivity index (χ3n) is 3.26. The van der Waals surface area contributed by atoms with Gasteiger partial charge in [-0.2, -0.15) is 5.26 Å². The SMILES string of the molecule is CC(C)=CCC(C#N)(CC=C(C)C)c1ccccc1. The van der Waals surface area contributed by atoms with Crippen LogP contribution in [0.3, 0.4) is 0 Å². The smallest absolute Gasteiger partial charge is 0.0891 e. The maximum Gasteiger partial charge on any atom is 0.0891 e. The average Bonchev–Trinajstić information content (AvgIpc) is 2.40. The number of benzene rings is 1. The van der Waals surface area contributed by atoms with Crippen LogP contribution in [0.15, 0.2) is 53.6 Å². The van der Waals surface area contributed by atoms with Crippen LogP contribution < -0.4 is 0 Å². The molecule has 1 rings (SSSR count). The van der Waals surface area contributed by atoms with Crippen molar-refractivity contribution in [3.8, 4) is 6.07 Å². The van der Waals surface area contributed by atoms with Gasteiger partial charge in [0.1, 0.15) is 0 Å². The molecule has 1 nitrogen and oxygen atoms in total. The highest BCUT2D eigenvalue weighted by Gasteiger charge is 2.29. The average molecular weight is 253 g/mol. The molecule has 0 unspecified atom stereocenters. The summed E-state index contributed by atoms with van der Waals surface area (Å²) in [5.74, 6) is 0. The van der Waals surface area contributed by atoms with E-state index in [1.165, 1.54) is 11.1 Å². The molecule has 0 aliphatic heterocycles. The van der Waals surface area contributed by atoms with Crippen molar-refractivity contribution in [1.29, 1.82) is 5.26 Å². The van der Waals surface area contributed by atoms with Gasteiger partial charge in [0.05, 0.1) is 11.5 Å². The fourth-order valence-electron chi connectivity index (χ4n) is 1.99. The summed E-state index contributed by atoms with van der Waals surface area (Å²) in [5, 5.41) is 9.75. The molecule has 100 valence electrons. The van der Waals surface area contributed by atoms with Crippen LogP contribution in [0.5, 0.6) is 0 Å². The van der Waals surface area contributed by atoms with Crippen molar-refractivity contribution in [2.75, 3.05) is 0 Å². The summed E-state index contributed by atoms with van der Waals surface area (Å²) in [4.78, 5) is 0. The van der Waals surface area contributed by atoms with E-state index in [2.05, 4.69) is 58.0 Å². The molecule has 1 heteroatoms. The second-order valence-electron chi connectivity index (χ2n) is 5.53. The number of rotatable bonds is 5. The Labute approximate surface area is 117 Å². The first-order valence-electron chi connectivity index (χ1n) is 6.74. The summed E-state index contributed by atoms with van der Waals surface area (Å²) in [6.07, 6.45) is 5.85. The molecular formula is C18H23N. The summed E-state index contributed by atoms with van der Waals surface area (Å²) in [5.41, 5.74) is 3.17. The second kappa shape index (κ2) is 6.95. The fourth-order valence-corrected chi connectivity index (χ4v) is 1.99. The molecule has 0 saturated heterocycles. The van der Waals surface area contributed by atoms with Gasteiger partial charge >= 0.3 is 0 Å². The second-order valence-corrected chi connectivity index (χ2v) is 5.53. The monoisotopic (exact) mass is 253 g/mol. The molecular weight excluding hydrogens is 230 g/mol. The van der Waals surface area contributed by atoms with E-state index in [1.54, 1.807) is 0 Å². The Bertz CT molecular complexity index is 472. The van der Waals surface area contributed by atoms with Crippen LogP contribution in [0.25, 0.3) is 0 Å². The van der Waals surface area contributed by atoms with Gasteiger partial charge in [-0.1, -0.05) is 53.6 Å². The van der Waals surface area contributed by atoms with Crippen LogP contribution in [0, 0.1) is 11.3 Å². The number of hydrogen-bond donors (Lipinski definition) is 0. The van der Waals surface area contributed by atoms with Gasteiger partial charge in [0, 0.05) is 0 Å². The predicted octanol–water partition coefficient (Wildman–Crippen LogP) is 5.16. The zero-order valence-corrected chi connectivity index (χ0v) is 12.4. The van der Waals surface area contributed by atoms with E-state index >= 15 is 0 Å². The fraction of sp³-hybridized carbons (Fsp3) is 0.389. The van der Waals surface area contributed by atoms with Gasteiger partial charge in [0.2, 0.25) is 0 Å². The zero-order chi connectivity index (χ0) is 14.3. The van der Waals surface area contributed by atoms with Crippen molar-refractivity contribution in [3.05, 3.63) is 59.2 Å². The highest BCUT2D eigenvalue weighted by Crippen LogP contribution is 2.33. The van der Waals surface area contributed by atoms with Crippen molar-refractivity contribution in [3.63, 3.8) is 0 Å². The summed E-state index contributed by atoms with van der Waals surface area (Å²) in [6, 6.07) is 12.7. The lowest BCUT2D eigenvalue weighted by atomic mass is 9.75. The maximum atomic E-state index is 9.75. The largest absolute Gasteiger partial charge is 0.197 e. The Morgan fingerprint density at radius 1 is 1.00 bits per heavy atom. The Morgan fingerprint density at radius 2 is 1.47 bits per heavy atom. The molecule has 0 spiro atoms. The van der Waals surface area contributed by atoms with Crippen LogP contribution in [-0.4, -0.2) is 0 Å². The number of allylic oxidation sites excluding steroid dienone is 4. The van der Waals surface area contributed by atoms with Gasteiger partial charge in [0.15, 0.2) is 0 Å². The van der Waals surface area contributed by atoms with E-state index in [-0.39, 0.29) is 0 Å². The molecule has 19 heavy (non-hydrogen) atoms. The lowest BCUT2D eigenvalue weighted by Gasteiger charge is -2.25. The van der Waals surface area contributed by atoms with Crippen LogP contribution in [0.1, 0.15) is 46.1 Å². The summed E-state index contributed by atoms with van der Waals surface area (Å²) in [6.45, 7) is 8.31. The third-order valence-corrected chi connectivity index (χ3v) is 3.26. The molecule has 0 bridgehead atoms. The van der Waals surface area contributed by atoms with Gasteiger partial charge in [-0.15, -0.1) is 0 Å². The standard InChI is InChI=1S/C18H23N/c1-15(2)10-12-18(14-19,13-11-16(3)4)17-8-6-5-7-9-17/h5-11H,12-13H2,1-4H3. The Balaban J connectivity index is 3.18. The molecule has 0 radical (unpaired) electrons. The first-order chi connectivity index (χ1) is 9.00. The molecule has 0 aromatic heterocycles. The van der Waals surface area contributed by atoms with E-state index < -0.39 is 5.41 Å². The van der Waals surface area contributed by atoms with Crippen LogP contribution >= 0.6 is 0 Å². The van der Waals surface area contributed by atoms with E-state index in [0.29, 0.717) is 0 Å². The normalized spacial score (nSPS) is 10.5. The topological polar surface area (TPSA) is 23.8 Å². The Kier molecular flexibility index (Phi) is 5.57. The molecule has 1 aromatic carbocycles. The van der Waals surface area contributed by atoms with E-state index in [1.807, 2.05) is 18.2 Å². The van der Waals surface area contributed by atoms with Gasteiger partial charge in [-0.25, -0.2) is 0 Å². The van der Waals surface area contributed by atoms with Crippen molar-refractivity contribution in [2.24, 2.45) is 0 Å². The van der Waals surface area contributed by atoms with Crippen molar-refractivity contribution in [2.45, 2.75) is 46.0 Å². The molecule has 0 fully saturated rings. The first kappa shape index (κ1) is 15.2. The molecule has 0 heterocycles. The van der Waals surface area contributed by atoms with E-state index in [0.717, 1.165) is 18.4 Å². The van der Waals surface area contributed by atoms with Crippen molar-refractivity contribution < 1.29 is 0 Å². The maximum absolute atomic E-state index is 9.75. The third kappa shape index (κ3) is 4.41. The zero-order valence-electron chi connectivity index (χ0n) is 12.4. The van der Waals surface area contributed by atoms with Gasteiger partial charge < -0.3 is 0 Å². The van der Waals surface area contributed by atoms with E-state index in [9.17, 15) is 5.26 Å². The molecule has 0 atom stereocenters. The quantitative estimate of drug-likeness (QED) is 0.665. The minimum absolute atomic E-state index is 0.449. The molecule has 0 saturated carbocycles. The lowest BCUT2D eigenvalue weighted by molar-refractivity contribution is 0.562. The van der Waals surface area contributed by atoms with Crippen LogP contribution in [0.2, 0.25) is 0 Å². The van der Waals surface area contributed by atoms with Crippen molar-refractivity contribution in [1.82, 2.24) is 0 Å². The van der Waals surface area contributed by atoms with Gasteiger partial charge in [-0.3, -0.25) is 0 Å². The predicted molar refractivity (Wildman–Crippen MR) is 81.8 cm³/mol. The van der Waals surface area contributed by atoms with E-state index in [4.69, 9.17) is 0 Å². The molecule has 0 aliphatic carbocycles. The summed E-state index contributed by atoms with van der Waals surface area (Å²) >= 11 is 0. The Morgan fingerprint density at radius 3 is 1.84 bits per heavy atom. The summed E-state index contributed by atoms with van der Waals surface area (Å²) in [7, 11) is 0. The molecule has 0 amide bonds. The highest BCUT2D eigenvalue weighted by atomic mass is 14.4. The van der Waals surface area contributed by atoms with Crippen LogP contribution in [-0.2, 0) is 5.41 Å². The Hall–Kier alpha value is -1.81. The van der Waals surface area contributed by atoms with Gasteiger partial charge in [0.25, 0.3) is 0 Å². The minimum atomic E-state index is -0.449. The molecule has 0 aliphatic rings. The van der Waals surface area contributed by atoms with Gasteiger partial charge in [-0.05, 0) is 46.1 Å². The lowest BCUT2D eigenvalue weighted by Crippen LogP contribution is -2.23. The van der Waals surface area contributed by atoms with Crippen molar-refractivity contribution >= 4 is 0 Å². The minimum Gasteiger partial charge on any atom is -0.197 e.